The largest absolute Gasteiger partial charge is 0.305 e. The van der Waals surface area contributed by atoms with E-state index in [-0.39, 0.29) is 17.0 Å². The summed E-state index contributed by atoms with van der Waals surface area (Å²) < 4.78 is 15.2. The summed E-state index contributed by atoms with van der Waals surface area (Å²) in [6.45, 7) is 3.96. The lowest BCUT2D eigenvalue weighted by atomic mass is 9.75. The van der Waals surface area contributed by atoms with Crippen molar-refractivity contribution < 1.29 is 9.18 Å². The Bertz CT molecular complexity index is 975. The highest BCUT2D eigenvalue weighted by Gasteiger charge is 2.34. The standard InChI is InChI=1S/C20H18FN3O/c1-20(2)9-8-16-15(19(20)25)6-7-17(23-16)18-11-24(12-22-18)14-5-3-4-13(21)10-14/h3-7,10-12H,8-9H2,1-2H3. The predicted molar refractivity (Wildman–Crippen MR) is 93.2 cm³/mol. The number of ketones is 1. The highest BCUT2D eigenvalue weighted by atomic mass is 19.1. The van der Waals surface area contributed by atoms with Gasteiger partial charge in [0.1, 0.15) is 11.5 Å². The van der Waals surface area contributed by atoms with Gasteiger partial charge in [-0.1, -0.05) is 19.9 Å². The molecule has 0 spiro atoms. The molecule has 3 aromatic rings. The van der Waals surface area contributed by atoms with Crippen LogP contribution in [0.15, 0.2) is 48.9 Å². The van der Waals surface area contributed by atoms with Gasteiger partial charge in [0.05, 0.1) is 17.7 Å². The van der Waals surface area contributed by atoms with Gasteiger partial charge < -0.3 is 4.57 Å². The number of fused-ring (bicyclic) bond motifs is 1. The van der Waals surface area contributed by atoms with Crippen LogP contribution in [0.2, 0.25) is 0 Å². The van der Waals surface area contributed by atoms with E-state index in [4.69, 9.17) is 0 Å². The van der Waals surface area contributed by atoms with E-state index < -0.39 is 0 Å². The second kappa shape index (κ2) is 5.62. The van der Waals surface area contributed by atoms with Crippen LogP contribution >= 0.6 is 0 Å². The summed E-state index contributed by atoms with van der Waals surface area (Å²) in [5.41, 5.74) is 3.35. The molecule has 0 N–H and O–H groups in total. The van der Waals surface area contributed by atoms with Crippen LogP contribution in [0.3, 0.4) is 0 Å². The van der Waals surface area contributed by atoms with E-state index in [0.717, 1.165) is 24.2 Å². The highest BCUT2D eigenvalue weighted by molar-refractivity contribution is 6.02. The van der Waals surface area contributed by atoms with Gasteiger partial charge in [0.2, 0.25) is 0 Å². The van der Waals surface area contributed by atoms with Gasteiger partial charge in [-0.2, -0.15) is 0 Å². The summed E-state index contributed by atoms with van der Waals surface area (Å²) in [4.78, 5) is 21.5. The summed E-state index contributed by atoms with van der Waals surface area (Å²) in [6, 6.07) is 10.0. The summed E-state index contributed by atoms with van der Waals surface area (Å²) in [5, 5.41) is 0. The minimum absolute atomic E-state index is 0.151. The third-order valence-corrected chi connectivity index (χ3v) is 4.77. The zero-order chi connectivity index (χ0) is 17.6. The van der Waals surface area contributed by atoms with E-state index in [1.54, 1.807) is 17.0 Å². The fraction of sp³-hybridized carbons (Fsp3) is 0.250. The van der Waals surface area contributed by atoms with E-state index in [2.05, 4.69) is 9.97 Å². The van der Waals surface area contributed by atoms with Gasteiger partial charge in [-0.3, -0.25) is 9.78 Å². The van der Waals surface area contributed by atoms with Crippen molar-refractivity contribution in [3.8, 4) is 17.1 Å². The van der Waals surface area contributed by atoms with E-state index in [1.807, 2.05) is 38.2 Å². The Morgan fingerprint density at radius 1 is 1.16 bits per heavy atom. The molecule has 2 aromatic heterocycles. The Hall–Kier alpha value is -2.82. The molecule has 126 valence electrons. The third-order valence-electron chi connectivity index (χ3n) is 4.77. The molecule has 0 radical (unpaired) electrons. The molecule has 1 aromatic carbocycles. The van der Waals surface area contributed by atoms with Crippen molar-refractivity contribution in [2.75, 3.05) is 0 Å². The van der Waals surface area contributed by atoms with Gasteiger partial charge in [-0.15, -0.1) is 0 Å². The zero-order valence-corrected chi connectivity index (χ0v) is 14.2. The molecule has 0 fully saturated rings. The fourth-order valence-corrected chi connectivity index (χ4v) is 3.18. The van der Waals surface area contributed by atoms with Gasteiger partial charge in [0.25, 0.3) is 0 Å². The Morgan fingerprint density at radius 2 is 2.00 bits per heavy atom. The number of carbonyl (C=O) groups excluding carboxylic acids is 1. The molecule has 0 amide bonds. The molecular formula is C20H18FN3O. The van der Waals surface area contributed by atoms with Crippen LogP contribution in [0.1, 0.15) is 36.3 Å². The van der Waals surface area contributed by atoms with Crippen molar-refractivity contribution in [2.24, 2.45) is 5.41 Å². The molecule has 25 heavy (non-hydrogen) atoms. The van der Waals surface area contributed by atoms with Gasteiger partial charge in [0, 0.05) is 22.9 Å². The van der Waals surface area contributed by atoms with Gasteiger partial charge in [-0.05, 0) is 43.2 Å². The van der Waals surface area contributed by atoms with Gasteiger partial charge in [0.15, 0.2) is 5.78 Å². The number of rotatable bonds is 2. The summed E-state index contributed by atoms with van der Waals surface area (Å²) >= 11 is 0. The lowest BCUT2D eigenvalue weighted by molar-refractivity contribution is 0.0809. The number of carbonyl (C=O) groups is 1. The number of halogens is 1. The molecule has 0 bridgehead atoms. The van der Waals surface area contributed by atoms with Crippen molar-refractivity contribution in [1.82, 2.24) is 14.5 Å². The number of pyridine rings is 1. The minimum atomic E-state index is -0.324. The van der Waals surface area contributed by atoms with E-state index >= 15 is 0 Å². The Labute approximate surface area is 145 Å². The molecule has 4 nitrogen and oxygen atoms in total. The summed E-state index contributed by atoms with van der Waals surface area (Å²) in [6.07, 6.45) is 5.04. The number of imidazole rings is 1. The maximum atomic E-state index is 13.4. The lowest BCUT2D eigenvalue weighted by Crippen LogP contribution is -2.31. The molecule has 0 saturated carbocycles. The molecule has 0 aliphatic heterocycles. The van der Waals surface area contributed by atoms with Crippen LogP contribution in [0.4, 0.5) is 4.39 Å². The number of Topliss-reactive ketones (excluding diaryl/α,β-unsaturated/α-hetero) is 1. The summed E-state index contributed by atoms with van der Waals surface area (Å²) in [5.74, 6) is -0.140. The number of aromatic nitrogens is 3. The quantitative estimate of drug-likeness (QED) is 0.704. The molecule has 4 rings (SSSR count). The van der Waals surface area contributed by atoms with Crippen molar-refractivity contribution in [3.05, 3.63) is 66.0 Å². The van der Waals surface area contributed by atoms with Crippen molar-refractivity contribution >= 4 is 5.78 Å². The number of benzene rings is 1. The monoisotopic (exact) mass is 335 g/mol. The van der Waals surface area contributed by atoms with Crippen molar-refractivity contribution in [3.63, 3.8) is 0 Å². The predicted octanol–water partition coefficient (Wildman–Crippen LogP) is 4.23. The molecule has 1 aliphatic carbocycles. The lowest BCUT2D eigenvalue weighted by Gasteiger charge is -2.28. The first-order chi connectivity index (χ1) is 11.9. The van der Waals surface area contributed by atoms with E-state index in [1.165, 1.54) is 12.1 Å². The number of hydrogen-bond donors (Lipinski definition) is 0. The average Bonchev–Trinajstić information content (AvgIpc) is 3.08. The Kier molecular flexibility index (Phi) is 3.53. The first kappa shape index (κ1) is 15.7. The molecule has 0 atom stereocenters. The normalized spacial score (nSPS) is 15.9. The van der Waals surface area contributed by atoms with Gasteiger partial charge in [-0.25, -0.2) is 9.37 Å². The molecule has 1 aliphatic rings. The SMILES string of the molecule is CC1(C)CCc2nc(-c3cn(-c4cccc(F)c4)cn3)ccc2C1=O. The van der Waals surface area contributed by atoms with Crippen LogP contribution < -0.4 is 0 Å². The molecule has 5 heteroatoms. The molecule has 2 heterocycles. The highest BCUT2D eigenvalue weighted by Crippen LogP contribution is 2.34. The van der Waals surface area contributed by atoms with Crippen LogP contribution in [0, 0.1) is 11.2 Å². The zero-order valence-electron chi connectivity index (χ0n) is 14.2. The molecule has 0 unspecified atom stereocenters. The Balaban J connectivity index is 1.69. The smallest absolute Gasteiger partial charge is 0.170 e. The van der Waals surface area contributed by atoms with Crippen LogP contribution in [-0.2, 0) is 6.42 Å². The van der Waals surface area contributed by atoms with Gasteiger partial charge >= 0.3 is 0 Å². The maximum absolute atomic E-state index is 13.4. The van der Waals surface area contributed by atoms with E-state index in [9.17, 15) is 9.18 Å². The van der Waals surface area contributed by atoms with Crippen LogP contribution in [0.25, 0.3) is 17.1 Å². The number of nitrogens with zero attached hydrogens (tertiary/aromatic N) is 3. The fourth-order valence-electron chi connectivity index (χ4n) is 3.18. The Morgan fingerprint density at radius 3 is 2.80 bits per heavy atom. The average molecular weight is 335 g/mol. The van der Waals surface area contributed by atoms with Crippen LogP contribution in [0.5, 0.6) is 0 Å². The molecular weight excluding hydrogens is 317 g/mol. The van der Waals surface area contributed by atoms with Crippen molar-refractivity contribution in [2.45, 2.75) is 26.7 Å². The topological polar surface area (TPSA) is 47.8 Å². The number of hydrogen-bond acceptors (Lipinski definition) is 3. The minimum Gasteiger partial charge on any atom is -0.305 e. The third kappa shape index (κ3) is 2.76. The first-order valence-electron chi connectivity index (χ1n) is 8.29. The van der Waals surface area contributed by atoms with E-state index in [0.29, 0.717) is 16.9 Å². The maximum Gasteiger partial charge on any atom is 0.170 e. The second-order valence-corrected chi connectivity index (χ2v) is 7.05. The summed E-state index contributed by atoms with van der Waals surface area (Å²) in [7, 11) is 0. The van der Waals surface area contributed by atoms with Crippen LogP contribution in [-0.4, -0.2) is 20.3 Å². The first-order valence-corrected chi connectivity index (χ1v) is 8.29. The van der Waals surface area contributed by atoms with Crippen molar-refractivity contribution in [1.29, 1.82) is 0 Å². The second-order valence-electron chi connectivity index (χ2n) is 7.05. The molecule has 0 saturated heterocycles. The number of aryl methyl sites for hydroxylation is 1.